The van der Waals surface area contributed by atoms with Crippen molar-refractivity contribution in [2.24, 2.45) is 32.2 Å². The number of guanidine groups is 3. The number of hydrogen-bond acceptors (Lipinski definition) is 6. The molecular weight excluding hydrogens is 868 g/mol. The smallest absolute Gasteiger partial charge is 0.370 e. The number of amides is 6. The average molecular weight is 907 g/mol. The summed E-state index contributed by atoms with van der Waals surface area (Å²) in [6.07, 6.45) is -8.47. The van der Waals surface area contributed by atoms with E-state index in [9.17, 15) is 40.7 Å². The number of alkyl halides is 6. The molecule has 0 radical (unpaired) electrons. The molecule has 0 saturated carbocycles. The molecule has 0 atom stereocenters. The number of urea groups is 3. The van der Waals surface area contributed by atoms with Gasteiger partial charge < -0.3 is 33.2 Å². The van der Waals surface area contributed by atoms with Gasteiger partial charge in [0.05, 0.1) is 38.2 Å². The maximum absolute atomic E-state index is 12.9. The molecule has 0 aliphatic rings. The van der Waals surface area contributed by atoms with E-state index < -0.39 is 41.6 Å². The quantitative estimate of drug-likeness (QED) is 0.0712. The summed E-state index contributed by atoms with van der Waals surface area (Å²) in [6, 6.07) is 4.81. The Morgan fingerprint density at radius 1 is 0.586 bits per heavy atom. The Labute approximate surface area is 348 Å². The molecule has 3 aromatic rings. The first kappa shape index (κ1) is 50.6. The van der Waals surface area contributed by atoms with Crippen LogP contribution in [0.5, 0.6) is 0 Å². The number of anilines is 3. The zero-order chi connectivity index (χ0) is 44.7. The second-order valence-electron chi connectivity index (χ2n) is 11.1. The molecule has 12 N–H and O–H groups in total. The van der Waals surface area contributed by atoms with Gasteiger partial charge in [-0.05, 0) is 73.4 Å². The minimum atomic E-state index is -4.65. The normalized spacial score (nSPS) is 11.9. The van der Waals surface area contributed by atoms with Gasteiger partial charge in [0.15, 0.2) is 17.9 Å². The van der Waals surface area contributed by atoms with Crippen LogP contribution in [-0.2, 0) is 18.8 Å². The summed E-state index contributed by atoms with van der Waals surface area (Å²) < 4.78 is 76.4. The van der Waals surface area contributed by atoms with Crippen LogP contribution in [0.1, 0.15) is 34.7 Å². The monoisotopic (exact) mass is 904 g/mol. The van der Waals surface area contributed by atoms with Crippen LogP contribution in [0, 0.1) is 13.8 Å². The molecule has 0 aromatic heterocycles. The lowest BCUT2D eigenvalue weighted by molar-refractivity contribution is -0.138. The van der Waals surface area contributed by atoms with Crippen LogP contribution >= 0.6 is 46.4 Å². The number of nitrogens with two attached hydrogens (primary N) is 3. The van der Waals surface area contributed by atoms with E-state index in [1.807, 2.05) is 6.92 Å². The van der Waals surface area contributed by atoms with Gasteiger partial charge in [0, 0.05) is 31.2 Å². The van der Waals surface area contributed by atoms with Crippen LogP contribution in [-0.4, -0.2) is 57.1 Å². The van der Waals surface area contributed by atoms with E-state index in [1.54, 1.807) is 12.1 Å². The van der Waals surface area contributed by atoms with E-state index in [0.717, 1.165) is 23.8 Å². The van der Waals surface area contributed by atoms with Crippen LogP contribution in [0.4, 0.5) is 57.8 Å². The topological polar surface area (TPSA) is 239 Å². The molecule has 58 heavy (non-hydrogen) atoms. The Hall–Kier alpha value is -5.38. The van der Waals surface area contributed by atoms with Gasteiger partial charge >= 0.3 is 30.4 Å². The van der Waals surface area contributed by atoms with Crippen LogP contribution in [0.3, 0.4) is 0 Å². The van der Waals surface area contributed by atoms with E-state index in [2.05, 4.69) is 46.9 Å². The maximum atomic E-state index is 12.9. The number of nitrogens with zero attached hydrogens (tertiary/aromatic N) is 3. The number of halogens is 10. The van der Waals surface area contributed by atoms with Gasteiger partial charge in [0.1, 0.15) is 0 Å². The Morgan fingerprint density at radius 2 is 0.983 bits per heavy atom. The molecule has 0 unspecified atom stereocenters. The number of rotatable bonds is 4. The molecule has 15 nitrogen and oxygen atoms in total. The minimum absolute atomic E-state index is 0.0237. The Balaban J connectivity index is 0.000000436. The van der Waals surface area contributed by atoms with Crippen molar-refractivity contribution in [2.45, 2.75) is 39.5 Å². The van der Waals surface area contributed by atoms with Crippen LogP contribution in [0.25, 0.3) is 0 Å². The van der Waals surface area contributed by atoms with Crippen molar-refractivity contribution >= 4 is 99.4 Å². The Kier molecular flexibility index (Phi) is 19.7. The van der Waals surface area contributed by atoms with Crippen molar-refractivity contribution in [1.82, 2.24) is 16.0 Å². The summed E-state index contributed by atoms with van der Waals surface area (Å²) in [7, 11) is 4.17. The van der Waals surface area contributed by atoms with Crippen molar-refractivity contribution in [1.29, 1.82) is 0 Å². The highest BCUT2D eigenvalue weighted by molar-refractivity contribution is 6.37. The molecule has 0 bridgehead atoms. The molecule has 0 fully saturated rings. The zero-order valence-corrected chi connectivity index (χ0v) is 34.3. The number of aliphatic imine (C=N–C) groups is 3. The minimum Gasteiger partial charge on any atom is -0.370 e. The largest absolute Gasteiger partial charge is 0.418 e. The van der Waals surface area contributed by atoms with Gasteiger partial charge in [-0.3, -0.25) is 30.9 Å². The predicted molar refractivity (Wildman–Crippen MR) is 217 cm³/mol. The first-order valence-corrected chi connectivity index (χ1v) is 17.4. The summed E-state index contributed by atoms with van der Waals surface area (Å²) in [5, 5.41) is 14.2. The first-order chi connectivity index (χ1) is 26.8. The zero-order valence-electron chi connectivity index (χ0n) is 31.2. The fourth-order valence-electron chi connectivity index (χ4n) is 4.20. The van der Waals surface area contributed by atoms with Gasteiger partial charge in [0.25, 0.3) is 0 Å². The molecule has 0 aliphatic carbocycles. The standard InChI is InChI=1S/C11H14Cl2N4O.2C11H12ClF3N4O/c1-3-6-4-7(12)5-8(13)9(6)16-11(18)17-10(14)15-2;1-5-3-6(12)4-7(11(13,14)15)8(5)18-10(20)19-9(16)17-2;1-5-3-6(11(13,14)15)4-7(12)8(5)18-10(20)19-9(16)17-2/h4-5H,3H2,1-2H3,(H4,14,15,16,17,18);2*3-4H,1-2H3,(H4,16,17,18,19,20). The summed E-state index contributed by atoms with van der Waals surface area (Å²) in [5.41, 5.74) is 15.4. The SMILES string of the molecule is CCc1cc(Cl)cc(Cl)c1NC(=O)NC(N)=NC.CN=C(N)NC(=O)Nc1c(C)cc(C(F)(F)F)cc1Cl.CN=C(N)NC(=O)Nc1c(C)cc(Cl)cc1C(F)(F)F. The summed E-state index contributed by atoms with van der Waals surface area (Å²) in [5.74, 6) is -0.332. The number of benzene rings is 3. The molecule has 0 aliphatic heterocycles. The van der Waals surface area contributed by atoms with E-state index in [4.69, 9.17) is 63.6 Å². The average Bonchev–Trinajstić information content (AvgIpc) is 3.11. The number of carbonyl (C=O) groups excluding carboxylic acids is 3. The maximum Gasteiger partial charge on any atom is 0.418 e. The second-order valence-corrected chi connectivity index (χ2v) is 12.8. The van der Waals surface area contributed by atoms with Crippen molar-refractivity contribution in [3.63, 3.8) is 0 Å². The Bertz CT molecular complexity index is 2040. The molecule has 3 aromatic carbocycles. The number of carbonyl (C=O) groups is 3. The van der Waals surface area contributed by atoms with Crippen molar-refractivity contribution < 1.29 is 40.7 Å². The second kappa shape index (κ2) is 22.5. The van der Waals surface area contributed by atoms with Crippen LogP contribution in [0.15, 0.2) is 51.4 Å². The van der Waals surface area contributed by atoms with Crippen molar-refractivity contribution in [2.75, 3.05) is 37.1 Å². The van der Waals surface area contributed by atoms with E-state index in [0.29, 0.717) is 22.2 Å². The van der Waals surface area contributed by atoms with Gasteiger partial charge in [-0.25, -0.2) is 14.4 Å². The number of aryl methyl sites for hydroxylation is 3. The van der Waals surface area contributed by atoms with Gasteiger partial charge in [-0.15, -0.1) is 0 Å². The third kappa shape index (κ3) is 16.6. The van der Waals surface area contributed by atoms with Gasteiger partial charge in [0.2, 0.25) is 0 Å². The van der Waals surface area contributed by atoms with E-state index in [-0.39, 0.29) is 50.4 Å². The molecule has 6 amide bonds. The molecule has 0 saturated heterocycles. The molecule has 0 heterocycles. The Morgan fingerprint density at radius 3 is 1.38 bits per heavy atom. The third-order valence-corrected chi connectivity index (χ3v) is 7.93. The third-order valence-electron chi connectivity index (χ3n) is 6.90. The first-order valence-electron chi connectivity index (χ1n) is 15.9. The summed E-state index contributed by atoms with van der Waals surface area (Å²) >= 11 is 23.3. The fraction of sp³-hybridized carbons (Fsp3) is 0.273. The molecule has 3 rings (SSSR count). The highest BCUT2D eigenvalue weighted by Gasteiger charge is 2.35. The highest BCUT2D eigenvalue weighted by atomic mass is 35.5. The lowest BCUT2D eigenvalue weighted by Gasteiger charge is -2.17. The van der Waals surface area contributed by atoms with E-state index in [1.165, 1.54) is 41.1 Å². The number of hydrogen-bond donors (Lipinski definition) is 9. The van der Waals surface area contributed by atoms with Crippen molar-refractivity contribution in [3.05, 3.63) is 84.3 Å². The number of nitrogens with one attached hydrogen (secondary N) is 6. The molecule has 318 valence electrons. The predicted octanol–water partition coefficient (Wildman–Crippen LogP) is 8.09. The fourth-order valence-corrected chi connectivity index (χ4v) is 5.36. The van der Waals surface area contributed by atoms with Crippen LogP contribution < -0.4 is 49.1 Å². The van der Waals surface area contributed by atoms with Crippen molar-refractivity contribution in [3.8, 4) is 0 Å². The summed E-state index contributed by atoms with van der Waals surface area (Å²) in [4.78, 5) is 45.2. The van der Waals surface area contributed by atoms with Gasteiger partial charge in [-0.2, -0.15) is 26.3 Å². The highest BCUT2D eigenvalue weighted by Crippen LogP contribution is 2.39. The molecule has 0 spiro atoms. The van der Waals surface area contributed by atoms with E-state index >= 15 is 0 Å². The lowest BCUT2D eigenvalue weighted by Crippen LogP contribution is -2.39. The van der Waals surface area contributed by atoms with Gasteiger partial charge in [-0.1, -0.05) is 53.3 Å². The molecule has 25 heteroatoms. The molecular formula is C33H38Cl4F6N12O3. The lowest BCUT2D eigenvalue weighted by atomic mass is 10.1. The summed E-state index contributed by atoms with van der Waals surface area (Å²) in [6.45, 7) is 4.73. The van der Waals surface area contributed by atoms with Crippen LogP contribution in [0.2, 0.25) is 20.1 Å².